The SMILES string of the molecule is CC(C)C[C@@H]1CCCCCN1C(=O)c1cn(C(C)(C)C)nn1. The van der Waals surface area contributed by atoms with E-state index in [4.69, 9.17) is 0 Å². The molecule has 0 bridgehead atoms. The van der Waals surface area contributed by atoms with Crippen LogP contribution in [-0.4, -0.2) is 38.4 Å². The molecule has 5 heteroatoms. The van der Waals surface area contributed by atoms with Gasteiger partial charge < -0.3 is 4.90 Å². The van der Waals surface area contributed by atoms with Gasteiger partial charge in [0.15, 0.2) is 5.69 Å². The Kier molecular flexibility index (Phi) is 5.24. The fourth-order valence-electron chi connectivity index (χ4n) is 3.07. The molecule has 1 aliphatic rings. The number of nitrogens with zero attached hydrogens (tertiary/aromatic N) is 4. The maximum atomic E-state index is 12.9. The zero-order chi connectivity index (χ0) is 16.3. The molecule has 0 unspecified atom stereocenters. The number of amides is 1. The van der Waals surface area contributed by atoms with Gasteiger partial charge in [-0.25, -0.2) is 4.68 Å². The number of hydrogen-bond acceptors (Lipinski definition) is 3. The average Bonchev–Trinajstić information content (AvgIpc) is 2.80. The molecule has 1 aromatic rings. The minimum atomic E-state index is -0.151. The molecule has 0 spiro atoms. The fraction of sp³-hybridized carbons (Fsp3) is 0.824. The predicted octanol–water partition coefficient (Wildman–Crippen LogP) is 3.46. The van der Waals surface area contributed by atoms with Crippen molar-refractivity contribution < 1.29 is 4.79 Å². The van der Waals surface area contributed by atoms with Gasteiger partial charge in [0, 0.05) is 12.6 Å². The molecule has 22 heavy (non-hydrogen) atoms. The lowest BCUT2D eigenvalue weighted by atomic mass is 9.98. The molecule has 5 nitrogen and oxygen atoms in total. The third kappa shape index (κ3) is 4.08. The van der Waals surface area contributed by atoms with E-state index in [0.717, 1.165) is 25.8 Å². The van der Waals surface area contributed by atoms with Crippen molar-refractivity contribution in [2.75, 3.05) is 6.54 Å². The van der Waals surface area contributed by atoms with Crippen LogP contribution in [0.5, 0.6) is 0 Å². The highest BCUT2D eigenvalue weighted by atomic mass is 16.2. The second-order valence-corrected chi connectivity index (χ2v) is 7.85. The molecule has 1 aliphatic heterocycles. The monoisotopic (exact) mass is 306 g/mol. The molecule has 1 aromatic heterocycles. The zero-order valence-electron chi connectivity index (χ0n) is 14.7. The molecular formula is C17H30N4O. The fourth-order valence-corrected chi connectivity index (χ4v) is 3.07. The van der Waals surface area contributed by atoms with Gasteiger partial charge in [-0.3, -0.25) is 4.79 Å². The summed E-state index contributed by atoms with van der Waals surface area (Å²) in [6, 6.07) is 0.342. The molecule has 1 saturated heterocycles. The Labute approximate surface area is 134 Å². The summed E-state index contributed by atoms with van der Waals surface area (Å²) in [7, 11) is 0. The summed E-state index contributed by atoms with van der Waals surface area (Å²) in [5.74, 6) is 0.645. The van der Waals surface area contributed by atoms with Crippen molar-refractivity contribution >= 4 is 5.91 Å². The first-order valence-electron chi connectivity index (χ1n) is 8.53. The number of aromatic nitrogens is 3. The molecule has 2 heterocycles. The van der Waals surface area contributed by atoms with Gasteiger partial charge in [-0.1, -0.05) is 31.9 Å². The summed E-state index contributed by atoms with van der Waals surface area (Å²) >= 11 is 0. The number of rotatable bonds is 3. The lowest BCUT2D eigenvalue weighted by molar-refractivity contribution is 0.0655. The highest BCUT2D eigenvalue weighted by molar-refractivity contribution is 5.92. The van der Waals surface area contributed by atoms with Crippen molar-refractivity contribution in [3.63, 3.8) is 0 Å². The second-order valence-electron chi connectivity index (χ2n) is 7.85. The van der Waals surface area contributed by atoms with Crippen molar-refractivity contribution in [3.05, 3.63) is 11.9 Å². The summed E-state index contributed by atoms with van der Waals surface area (Å²) in [5, 5.41) is 8.26. The Bertz CT molecular complexity index is 501. The van der Waals surface area contributed by atoms with Crippen molar-refractivity contribution in [2.45, 2.75) is 78.3 Å². The normalized spacial score (nSPS) is 20.3. The summed E-state index contributed by atoms with van der Waals surface area (Å²) in [6.07, 6.45) is 7.49. The number of hydrogen-bond donors (Lipinski definition) is 0. The van der Waals surface area contributed by atoms with Gasteiger partial charge in [-0.05, 0) is 46.0 Å². The number of carbonyl (C=O) groups is 1. The molecular weight excluding hydrogens is 276 g/mol. The molecule has 124 valence electrons. The van der Waals surface area contributed by atoms with Crippen LogP contribution >= 0.6 is 0 Å². The Morgan fingerprint density at radius 3 is 2.64 bits per heavy atom. The lowest BCUT2D eigenvalue weighted by Crippen LogP contribution is -2.41. The van der Waals surface area contributed by atoms with Crippen LogP contribution in [0.4, 0.5) is 0 Å². The average molecular weight is 306 g/mol. The Morgan fingerprint density at radius 2 is 2.05 bits per heavy atom. The van der Waals surface area contributed by atoms with E-state index in [0.29, 0.717) is 17.7 Å². The van der Waals surface area contributed by atoms with E-state index < -0.39 is 0 Å². The molecule has 0 saturated carbocycles. The molecule has 0 aliphatic carbocycles. The van der Waals surface area contributed by atoms with Crippen LogP contribution in [0.25, 0.3) is 0 Å². The highest BCUT2D eigenvalue weighted by Gasteiger charge is 2.29. The standard InChI is InChI=1S/C17H30N4O/c1-13(2)11-14-9-7-6-8-10-20(14)16(22)15-12-21(19-18-15)17(3,4)5/h12-14H,6-11H2,1-5H3/t14-/m0/s1. The van der Waals surface area contributed by atoms with Crippen LogP contribution in [0.2, 0.25) is 0 Å². The van der Waals surface area contributed by atoms with Crippen LogP contribution in [0.1, 0.15) is 77.2 Å². The third-order valence-corrected chi connectivity index (χ3v) is 4.28. The quantitative estimate of drug-likeness (QED) is 0.859. The largest absolute Gasteiger partial charge is 0.334 e. The van der Waals surface area contributed by atoms with Gasteiger partial charge in [0.05, 0.1) is 11.7 Å². The first-order chi connectivity index (χ1) is 10.3. The third-order valence-electron chi connectivity index (χ3n) is 4.28. The van der Waals surface area contributed by atoms with Crippen molar-refractivity contribution in [2.24, 2.45) is 5.92 Å². The topological polar surface area (TPSA) is 51.0 Å². The van der Waals surface area contributed by atoms with Gasteiger partial charge in [0.1, 0.15) is 0 Å². The maximum Gasteiger partial charge on any atom is 0.276 e. The smallest absolute Gasteiger partial charge is 0.276 e. The molecule has 1 amide bonds. The first kappa shape index (κ1) is 17.0. The van der Waals surface area contributed by atoms with Crippen molar-refractivity contribution in [3.8, 4) is 0 Å². The van der Waals surface area contributed by atoms with Crippen LogP contribution in [-0.2, 0) is 5.54 Å². The van der Waals surface area contributed by atoms with Gasteiger partial charge in [0.25, 0.3) is 5.91 Å². The van der Waals surface area contributed by atoms with Crippen molar-refractivity contribution in [1.82, 2.24) is 19.9 Å². The van der Waals surface area contributed by atoms with Crippen LogP contribution in [0.15, 0.2) is 6.20 Å². The molecule has 0 radical (unpaired) electrons. The minimum absolute atomic E-state index is 0.0445. The van der Waals surface area contributed by atoms with E-state index in [1.165, 1.54) is 12.8 Å². The molecule has 0 aromatic carbocycles. The number of likely N-dealkylation sites (tertiary alicyclic amines) is 1. The van der Waals surface area contributed by atoms with Gasteiger partial charge >= 0.3 is 0 Å². The van der Waals surface area contributed by atoms with Gasteiger partial charge in [0.2, 0.25) is 0 Å². The van der Waals surface area contributed by atoms with Gasteiger partial charge in [-0.2, -0.15) is 0 Å². The van der Waals surface area contributed by atoms with E-state index in [1.54, 1.807) is 10.9 Å². The van der Waals surface area contributed by atoms with Crippen LogP contribution in [0, 0.1) is 5.92 Å². The molecule has 1 fully saturated rings. The van der Waals surface area contributed by atoms with Crippen LogP contribution in [0.3, 0.4) is 0 Å². The minimum Gasteiger partial charge on any atom is -0.334 e. The maximum absolute atomic E-state index is 12.9. The number of carbonyl (C=O) groups excluding carboxylic acids is 1. The Balaban J connectivity index is 2.18. The summed E-state index contributed by atoms with van der Waals surface area (Å²) in [5.41, 5.74) is 0.326. The summed E-state index contributed by atoms with van der Waals surface area (Å²) < 4.78 is 1.77. The predicted molar refractivity (Wildman–Crippen MR) is 87.8 cm³/mol. The van der Waals surface area contributed by atoms with E-state index in [9.17, 15) is 4.79 Å². The van der Waals surface area contributed by atoms with Gasteiger partial charge in [-0.15, -0.1) is 5.10 Å². The Hall–Kier alpha value is -1.39. The lowest BCUT2D eigenvalue weighted by Gasteiger charge is -2.30. The summed E-state index contributed by atoms with van der Waals surface area (Å²) in [4.78, 5) is 14.9. The second kappa shape index (κ2) is 6.80. The molecule has 1 atom stereocenters. The van der Waals surface area contributed by atoms with Crippen molar-refractivity contribution in [1.29, 1.82) is 0 Å². The highest BCUT2D eigenvalue weighted by Crippen LogP contribution is 2.24. The summed E-state index contributed by atoms with van der Waals surface area (Å²) in [6.45, 7) is 11.5. The molecule has 2 rings (SSSR count). The first-order valence-corrected chi connectivity index (χ1v) is 8.53. The Morgan fingerprint density at radius 1 is 1.32 bits per heavy atom. The van der Waals surface area contributed by atoms with Crippen LogP contribution < -0.4 is 0 Å². The van der Waals surface area contributed by atoms with E-state index in [2.05, 4.69) is 44.9 Å². The van der Waals surface area contributed by atoms with E-state index in [-0.39, 0.29) is 11.4 Å². The molecule has 0 N–H and O–H groups in total. The van der Waals surface area contributed by atoms with E-state index >= 15 is 0 Å². The van der Waals surface area contributed by atoms with E-state index in [1.807, 2.05) is 4.90 Å². The zero-order valence-corrected chi connectivity index (χ0v) is 14.7.